The van der Waals surface area contributed by atoms with Crippen LogP contribution in [0.25, 0.3) is 10.7 Å². The molecule has 28 heavy (non-hydrogen) atoms. The number of carbonyl (C=O) groups excluding carboxylic acids is 2. The Hall–Kier alpha value is -2.74. The van der Waals surface area contributed by atoms with E-state index in [-0.39, 0.29) is 31.3 Å². The summed E-state index contributed by atoms with van der Waals surface area (Å²) in [5.74, 6) is 0.203. The minimum Gasteiger partial charge on any atom is -0.457 e. The zero-order chi connectivity index (χ0) is 20.3. The summed E-state index contributed by atoms with van der Waals surface area (Å²) in [5.41, 5.74) is 2.50. The molecule has 0 amide bonds. The summed E-state index contributed by atoms with van der Waals surface area (Å²) in [7, 11) is 0. The van der Waals surface area contributed by atoms with E-state index in [1.807, 2.05) is 37.4 Å². The average molecular weight is 401 g/mol. The molecule has 7 nitrogen and oxygen atoms in total. The molecule has 8 heteroatoms. The van der Waals surface area contributed by atoms with E-state index in [1.54, 1.807) is 0 Å². The first-order valence-electron chi connectivity index (χ1n) is 9.10. The largest absolute Gasteiger partial charge is 0.457 e. The van der Waals surface area contributed by atoms with Gasteiger partial charge >= 0.3 is 5.97 Å². The number of carbonyl (C=O) groups is 2. The molecule has 3 heterocycles. The standard InChI is InChI=1S/C20H23N3O4S/c1-12(2)23-13(3)10-15(14(23)4)16(24)11-26-19(25)8-7-18-21-20(22-27-18)17-6-5-9-28-17/h5-6,9-10,12H,7-8,11H2,1-4H3. The van der Waals surface area contributed by atoms with Crippen LogP contribution in [0.1, 0.15) is 53.9 Å². The van der Waals surface area contributed by atoms with Crippen LogP contribution in [0.3, 0.4) is 0 Å². The molecule has 0 spiro atoms. The quantitative estimate of drug-likeness (QED) is 0.416. The second-order valence-electron chi connectivity index (χ2n) is 6.82. The molecule has 0 bridgehead atoms. The molecule has 0 aliphatic carbocycles. The Kier molecular flexibility index (Phi) is 6.08. The Morgan fingerprint density at radius 1 is 1.32 bits per heavy atom. The number of Topliss-reactive ketones (excluding diaryl/α,β-unsaturated/α-hetero) is 1. The monoisotopic (exact) mass is 401 g/mol. The van der Waals surface area contributed by atoms with E-state index < -0.39 is 5.97 Å². The van der Waals surface area contributed by atoms with Gasteiger partial charge in [0.1, 0.15) is 0 Å². The molecule has 3 aromatic heterocycles. The van der Waals surface area contributed by atoms with Crippen LogP contribution in [0.4, 0.5) is 0 Å². The Morgan fingerprint density at radius 2 is 2.11 bits per heavy atom. The van der Waals surface area contributed by atoms with E-state index in [1.165, 1.54) is 11.3 Å². The van der Waals surface area contributed by atoms with Gasteiger partial charge in [0.25, 0.3) is 0 Å². The molecule has 0 aliphatic rings. The van der Waals surface area contributed by atoms with Crippen molar-refractivity contribution in [1.29, 1.82) is 0 Å². The molecule has 0 aliphatic heterocycles. The number of ether oxygens (including phenoxy) is 1. The summed E-state index contributed by atoms with van der Waals surface area (Å²) in [6.07, 6.45) is 0.345. The minimum atomic E-state index is -0.470. The third-order valence-corrected chi connectivity index (χ3v) is 5.28. The molecule has 3 rings (SSSR count). The van der Waals surface area contributed by atoms with Gasteiger partial charge in [0.05, 0.1) is 11.3 Å². The van der Waals surface area contributed by atoms with Gasteiger partial charge in [-0.05, 0) is 45.2 Å². The van der Waals surface area contributed by atoms with Crippen molar-refractivity contribution in [1.82, 2.24) is 14.7 Å². The zero-order valence-corrected chi connectivity index (χ0v) is 17.2. The number of aromatic nitrogens is 3. The summed E-state index contributed by atoms with van der Waals surface area (Å²) in [5, 5.41) is 5.83. The SMILES string of the molecule is Cc1cc(C(=O)COC(=O)CCc2nc(-c3cccs3)no2)c(C)n1C(C)C. The number of ketones is 1. The van der Waals surface area contributed by atoms with E-state index in [2.05, 4.69) is 28.6 Å². The third kappa shape index (κ3) is 4.39. The fourth-order valence-electron chi connectivity index (χ4n) is 3.22. The Labute approximate surface area is 167 Å². The van der Waals surface area contributed by atoms with Crippen molar-refractivity contribution in [2.24, 2.45) is 0 Å². The van der Waals surface area contributed by atoms with Gasteiger partial charge in [-0.15, -0.1) is 11.3 Å². The Bertz CT molecular complexity index is 970. The molecule has 0 unspecified atom stereocenters. The smallest absolute Gasteiger partial charge is 0.306 e. The zero-order valence-electron chi connectivity index (χ0n) is 16.4. The van der Waals surface area contributed by atoms with Gasteiger partial charge in [-0.3, -0.25) is 9.59 Å². The van der Waals surface area contributed by atoms with Crippen molar-refractivity contribution < 1.29 is 18.8 Å². The number of aryl methyl sites for hydroxylation is 2. The maximum atomic E-state index is 12.4. The lowest BCUT2D eigenvalue weighted by atomic mass is 10.1. The van der Waals surface area contributed by atoms with Gasteiger partial charge in [-0.2, -0.15) is 4.98 Å². The van der Waals surface area contributed by atoms with Gasteiger partial charge in [0.2, 0.25) is 17.5 Å². The molecule has 3 aromatic rings. The van der Waals surface area contributed by atoms with Gasteiger partial charge in [0.15, 0.2) is 6.61 Å². The van der Waals surface area contributed by atoms with Crippen molar-refractivity contribution in [3.8, 4) is 10.7 Å². The van der Waals surface area contributed by atoms with Crippen LogP contribution in [0, 0.1) is 13.8 Å². The van der Waals surface area contributed by atoms with Gasteiger partial charge in [0, 0.05) is 29.4 Å². The highest BCUT2D eigenvalue weighted by atomic mass is 32.1. The number of rotatable bonds is 8. The normalized spacial score (nSPS) is 11.2. The summed E-state index contributed by atoms with van der Waals surface area (Å²) in [4.78, 5) is 29.6. The molecule has 0 atom stereocenters. The summed E-state index contributed by atoms with van der Waals surface area (Å²) in [6.45, 7) is 7.73. The first-order chi connectivity index (χ1) is 13.4. The molecule has 0 radical (unpaired) electrons. The maximum Gasteiger partial charge on any atom is 0.306 e. The number of hydrogen-bond acceptors (Lipinski definition) is 7. The van der Waals surface area contributed by atoms with Gasteiger partial charge in [-0.25, -0.2) is 0 Å². The molecule has 148 valence electrons. The van der Waals surface area contributed by atoms with Gasteiger partial charge in [-0.1, -0.05) is 11.2 Å². The van der Waals surface area contributed by atoms with Crippen molar-refractivity contribution in [2.45, 2.75) is 46.6 Å². The number of esters is 1. The topological polar surface area (TPSA) is 87.2 Å². The van der Waals surface area contributed by atoms with Crippen molar-refractivity contribution in [3.63, 3.8) is 0 Å². The molecule has 0 saturated carbocycles. The summed E-state index contributed by atoms with van der Waals surface area (Å²) >= 11 is 1.51. The van der Waals surface area contributed by atoms with Crippen LogP contribution >= 0.6 is 11.3 Å². The van der Waals surface area contributed by atoms with Crippen molar-refractivity contribution in [2.75, 3.05) is 6.61 Å². The third-order valence-electron chi connectivity index (χ3n) is 4.42. The van der Waals surface area contributed by atoms with Crippen molar-refractivity contribution in [3.05, 3.63) is 46.4 Å². The first-order valence-corrected chi connectivity index (χ1v) is 9.98. The molecule has 0 aromatic carbocycles. The minimum absolute atomic E-state index is 0.0738. The summed E-state index contributed by atoms with van der Waals surface area (Å²) < 4.78 is 12.4. The molecular weight excluding hydrogens is 378 g/mol. The Balaban J connectivity index is 1.51. The van der Waals surface area contributed by atoms with Crippen LogP contribution in [0.15, 0.2) is 28.1 Å². The van der Waals surface area contributed by atoms with Crippen LogP contribution in [0.5, 0.6) is 0 Å². The number of hydrogen-bond donors (Lipinski definition) is 0. The fraction of sp³-hybridized carbons (Fsp3) is 0.400. The molecule has 0 N–H and O–H groups in total. The summed E-state index contributed by atoms with van der Waals surface area (Å²) in [6, 6.07) is 5.91. The van der Waals surface area contributed by atoms with E-state index in [4.69, 9.17) is 9.26 Å². The predicted molar refractivity (Wildman–Crippen MR) is 106 cm³/mol. The van der Waals surface area contributed by atoms with E-state index in [0.29, 0.717) is 17.3 Å². The highest BCUT2D eigenvalue weighted by Gasteiger charge is 2.19. The second-order valence-corrected chi connectivity index (χ2v) is 7.77. The molecule has 0 fully saturated rings. The Morgan fingerprint density at radius 3 is 2.75 bits per heavy atom. The highest BCUT2D eigenvalue weighted by molar-refractivity contribution is 7.13. The molecular formula is C20H23N3O4S. The maximum absolute atomic E-state index is 12.4. The van der Waals surface area contributed by atoms with Crippen LogP contribution in [-0.4, -0.2) is 33.1 Å². The lowest BCUT2D eigenvalue weighted by Crippen LogP contribution is -2.15. The second kappa shape index (κ2) is 8.52. The number of nitrogens with zero attached hydrogens (tertiary/aromatic N) is 3. The lowest BCUT2D eigenvalue weighted by Gasteiger charge is -2.13. The van der Waals surface area contributed by atoms with E-state index >= 15 is 0 Å². The van der Waals surface area contributed by atoms with Gasteiger partial charge < -0.3 is 13.8 Å². The van der Waals surface area contributed by atoms with Crippen LogP contribution in [-0.2, 0) is 16.0 Å². The number of thiophene rings is 1. The van der Waals surface area contributed by atoms with E-state index in [0.717, 1.165) is 16.3 Å². The first kappa shape index (κ1) is 20.0. The van der Waals surface area contributed by atoms with Crippen LogP contribution < -0.4 is 0 Å². The van der Waals surface area contributed by atoms with Crippen LogP contribution in [0.2, 0.25) is 0 Å². The van der Waals surface area contributed by atoms with E-state index in [9.17, 15) is 9.59 Å². The average Bonchev–Trinajstić information content (AvgIpc) is 3.37. The lowest BCUT2D eigenvalue weighted by molar-refractivity contribution is -0.142. The highest BCUT2D eigenvalue weighted by Crippen LogP contribution is 2.22. The fourth-order valence-corrected chi connectivity index (χ4v) is 3.87. The van der Waals surface area contributed by atoms with Crippen molar-refractivity contribution >= 4 is 23.1 Å². The predicted octanol–water partition coefficient (Wildman–Crippen LogP) is 4.16. The molecule has 0 saturated heterocycles.